The first-order chi connectivity index (χ1) is 12.6. The van der Waals surface area contributed by atoms with Crippen LogP contribution in [0.2, 0.25) is 0 Å². The van der Waals surface area contributed by atoms with E-state index in [2.05, 4.69) is 5.32 Å². The molecule has 2 heterocycles. The molecule has 0 saturated heterocycles. The van der Waals surface area contributed by atoms with Crippen LogP contribution in [0.15, 0.2) is 35.5 Å². The van der Waals surface area contributed by atoms with E-state index in [9.17, 15) is 9.59 Å². The van der Waals surface area contributed by atoms with Gasteiger partial charge in [-0.05, 0) is 30.5 Å². The van der Waals surface area contributed by atoms with Crippen molar-refractivity contribution in [3.63, 3.8) is 0 Å². The number of methoxy groups -OCH3 is 1. The largest absolute Gasteiger partial charge is 0.497 e. The quantitative estimate of drug-likeness (QED) is 0.907. The molecule has 26 heavy (non-hydrogen) atoms. The summed E-state index contributed by atoms with van der Waals surface area (Å²) < 4.78 is 5.31. The zero-order chi connectivity index (χ0) is 18.3. The van der Waals surface area contributed by atoms with Crippen molar-refractivity contribution in [3.8, 4) is 5.75 Å². The number of hydrogen-bond acceptors (Lipinski definition) is 3. The predicted molar refractivity (Wildman–Crippen MR) is 97.6 cm³/mol. The fraction of sp³-hybridized carbons (Fsp3) is 0.500. The van der Waals surface area contributed by atoms with E-state index in [1.807, 2.05) is 29.2 Å². The molecule has 0 unspecified atom stereocenters. The van der Waals surface area contributed by atoms with Gasteiger partial charge in [-0.25, -0.2) is 4.79 Å². The lowest BCUT2D eigenvalue weighted by atomic mass is 9.93. The number of ether oxygens (including phenoxy) is 1. The van der Waals surface area contributed by atoms with E-state index in [-0.39, 0.29) is 18.0 Å². The van der Waals surface area contributed by atoms with Crippen LogP contribution in [-0.4, -0.2) is 48.5 Å². The van der Waals surface area contributed by atoms with Crippen molar-refractivity contribution >= 4 is 11.9 Å². The number of amides is 3. The van der Waals surface area contributed by atoms with Crippen molar-refractivity contribution < 1.29 is 14.3 Å². The highest BCUT2D eigenvalue weighted by molar-refractivity contribution is 6.01. The highest BCUT2D eigenvalue weighted by Crippen LogP contribution is 2.38. The molecule has 0 bridgehead atoms. The molecule has 1 saturated carbocycles. The monoisotopic (exact) mass is 355 g/mol. The molecule has 2 aliphatic heterocycles. The Balaban J connectivity index is 1.70. The van der Waals surface area contributed by atoms with Gasteiger partial charge in [0.25, 0.3) is 5.91 Å². The lowest BCUT2D eigenvalue weighted by molar-refractivity contribution is -0.128. The summed E-state index contributed by atoms with van der Waals surface area (Å²) in [5, 5.41) is 2.99. The second kappa shape index (κ2) is 6.67. The van der Waals surface area contributed by atoms with E-state index in [0.29, 0.717) is 17.9 Å². The van der Waals surface area contributed by atoms with Crippen LogP contribution in [0.3, 0.4) is 0 Å². The zero-order valence-corrected chi connectivity index (χ0v) is 15.3. The minimum atomic E-state index is -0.426. The lowest BCUT2D eigenvalue weighted by Crippen LogP contribution is -2.45. The molecule has 6 nitrogen and oxygen atoms in total. The first kappa shape index (κ1) is 16.9. The average Bonchev–Trinajstić information content (AvgIpc) is 3.03. The Kier molecular flexibility index (Phi) is 4.34. The van der Waals surface area contributed by atoms with Crippen molar-refractivity contribution in [2.24, 2.45) is 0 Å². The number of nitrogens with one attached hydrogen (secondary N) is 1. The SMILES string of the molecule is COc1cccc([C@H]2NC(=O)N(C)C3=C2C(=O)N(C2CCCCC2)C3)c1. The molecule has 1 atom stereocenters. The maximum absolute atomic E-state index is 13.3. The van der Waals surface area contributed by atoms with Crippen molar-refractivity contribution in [1.29, 1.82) is 0 Å². The molecule has 1 aromatic carbocycles. The Hall–Kier alpha value is -2.50. The minimum Gasteiger partial charge on any atom is -0.497 e. The second-order valence-electron chi connectivity index (χ2n) is 7.30. The van der Waals surface area contributed by atoms with Crippen LogP contribution in [0.4, 0.5) is 4.79 Å². The van der Waals surface area contributed by atoms with Crippen LogP contribution in [0, 0.1) is 0 Å². The smallest absolute Gasteiger partial charge is 0.322 e. The molecule has 1 aromatic rings. The van der Waals surface area contributed by atoms with Crippen LogP contribution >= 0.6 is 0 Å². The molecule has 4 rings (SSSR count). The van der Waals surface area contributed by atoms with Crippen LogP contribution in [0.1, 0.15) is 43.7 Å². The number of urea groups is 1. The van der Waals surface area contributed by atoms with E-state index in [1.54, 1.807) is 19.1 Å². The number of nitrogens with zero attached hydrogens (tertiary/aromatic N) is 2. The predicted octanol–water partition coefficient (Wildman–Crippen LogP) is 2.82. The molecule has 0 aromatic heterocycles. The Morgan fingerprint density at radius 1 is 1.15 bits per heavy atom. The summed E-state index contributed by atoms with van der Waals surface area (Å²) in [4.78, 5) is 29.3. The third-order valence-corrected chi connectivity index (χ3v) is 5.83. The topological polar surface area (TPSA) is 61.9 Å². The van der Waals surface area contributed by atoms with Crippen molar-refractivity contribution in [3.05, 3.63) is 41.1 Å². The Morgan fingerprint density at radius 2 is 1.92 bits per heavy atom. The van der Waals surface area contributed by atoms with Gasteiger partial charge in [0.2, 0.25) is 0 Å². The summed E-state index contributed by atoms with van der Waals surface area (Å²) in [5.41, 5.74) is 2.40. The molecule has 3 aliphatic rings. The van der Waals surface area contributed by atoms with Crippen molar-refractivity contribution in [2.75, 3.05) is 20.7 Å². The number of rotatable bonds is 3. The minimum absolute atomic E-state index is 0.0616. The van der Waals surface area contributed by atoms with Gasteiger partial charge in [0.15, 0.2) is 0 Å². The third-order valence-electron chi connectivity index (χ3n) is 5.83. The first-order valence-corrected chi connectivity index (χ1v) is 9.32. The fourth-order valence-corrected chi connectivity index (χ4v) is 4.35. The molecular formula is C20H25N3O3. The van der Waals surface area contributed by atoms with Gasteiger partial charge in [-0.15, -0.1) is 0 Å². The van der Waals surface area contributed by atoms with Crippen molar-refractivity contribution in [2.45, 2.75) is 44.2 Å². The number of benzene rings is 1. The maximum Gasteiger partial charge on any atom is 0.322 e. The van der Waals surface area contributed by atoms with Crippen molar-refractivity contribution in [1.82, 2.24) is 15.1 Å². The molecule has 1 aliphatic carbocycles. The van der Waals surface area contributed by atoms with Crippen LogP contribution in [0.25, 0.3) is 0 Å². The zero-order valence-electron chi connectivity index (χ0n) is 15.3. The second-order valence-corrected chi connectivity index (χ2v) is 7.30. The Bertz CT molecular complexity index is 767. The van der Waals surface area contributed by atoms with Gasteiger partial charge in [-0.2, -0.15) is 0 Å². The molecule has 3 amide bonds. The Labute approximate surface area is 153 Å². The molecule has 1 fully saturated rings. The normalized spacial score (nSPS) is 24.0. The van der Waals surface area contributed by atoms with E-state index in [1.165, 1.54) is 19.3 Å². The number of hydrogen-bond donors (Lipinski definition) is 1. The first-order valence-electron chi connectivity index (χ1n) is 9.32. The number of likely N-dealkylation sites (N-methyl/N-ethyl adjacent to an activating group) is 1. The van der Waals surface area contributed by atoms with Crippen LogP contribution in [-0.2, 0) is 4.79 Å². The fourth-order valence-electron chi connectivity index (χ4n) is 4.35. The van der Waals surface area contributed by atoms with Gasteiger partial charge >= 0.3 is 6.03 Å². The van der Waals surface area contributed by atoms with Gasteiger partial charge in [-0.3, -0.25) is 9.69 Å². The summed E-state index contributed by atoms with van der Waals surface area (Å²) in [7, 11) is 3.35. The highest BCUT2D eigenvalue weighted by atomic mass is 16.5. The summed E-state index contributed by atoms with van der Waals surface area (Å²) >= 11 is 0. The molecular weight excluding hydrogens is 330 g/mol. The Morgan fingerprint density at radius 3 is 2.65 bits per heavy atom. The molecule has 6 heteroatoms. The number of carbonyl (C=O) groups is 2. The standard InChI is InChI=1S/C20H25N3O3/c1-22-16-12-23(14-8-4-3-5-9-14)19(24)17(16)18(21-20(22)25)13-7-6-10-15(11-13)26-2/h6-7,10-11,14,18H,3-5,8-9,12H2,1-2H3,(H,21,25)/t18-/m1/s1. The van der Waals surface area contributed by atoms with E-state index >= 15 is 0 Å². The summed E-state index contributed by atoms with van der Waals surface area (Å²) in [6, 6.07) is 7.26. The average molecular weight is 355 g/mol. The summed E-state index contributed by atoms with van der Waals surface area (Å²) in [5.74, 6) is 0.777. The van der Waals surface area contributed by atoms with Gasteiger partial charge in [-0.1, -0.05) is 31.4 Å². The maximum atomic E-state index is 13.3. The van der Waals surface area contributed by atoms with E-state index < -0.39 is 6.04 Å². The van der Waals surface area contributed by atoms with Gasteiger partial charge in [0.05, 0.1) is 31.0 Å². The van der Waals surface area contributed by atoms with Crippen LogP contribution in [0.5, 0.6) is 5.75 Å². The summed E-state index contributed by atoms with van der Waals surface area (Å²) in [6.45, 7) is 0.531. The molecule has 138 valence electrons. The van der Waals surface area contributed by atoms with Gasteiger partial charge in [0, 0.05) is 13.1 Å². The van der Waals surface area contributed by atoms with Crippen LogP contribution < -0.4 is 10.1 Å². The van der Waals surface area contributed by atoms with Gasteiger partial charge < -0.3 is 15.0 Å². The van der Waals surface area contributed by atoms with E-state index in [4.69, 9.17) is 4.74 Å². The highest BCUT2D eigenvalue weighted by Gasteiger charge is 2.44. The molecule has 0 spiro atoms. The lowest BCUT2D eigenvalue weighted by Gasteiger charge is -2.31. The summed E-state index contributed by atoms with van der Waals surface area (Å²) in [6.07, 6.45) is 5.71. The third kappa shape index (κ3) is 2.73. The van der Waals surface area contributed by atoms with E-state index in [0.717, 1.165) is 24.1 Å². The number of carbonyl (C=O) groups excluding carboxylic acids is 2. The molecule has 0 radical (unpaired) electrons. The van der Waals surface area contributed by atoms with Gasteiger partial charge in [0.1, 0.15) is 5.75 Å². The molecule has 1 N–H and O–H groups in total.